The van der Waals surface area contributed by atoms with Crippen LogP contribution in [0.5, 0.6) is 0 Å². The van der Waals surface area contributed by atoms with Crippen LogP contribution in [0.2, 0.25) is 0 Å². The molecule has 1 aliphatic heterocycles. The fourth-order valence-electron chi connectivity index (χ4n) is 1.85. The molecule has 7 nitrogen and oxygen atoms in total. The maximum atomic E-state index is 11.8. The van der Waals surface area contributed by atoms with E-state index in [1.807, 2.05) is 0 Å². The third kappa shape index (κ3) is 3.44. The minimum atomic E-state index is -0.401. The van der Waals surface area contributed by atoms with Crippen molar-refractivity contribution >= 4 is 6.03 Å². The molecule has 106 valence electrons. The lowest BCUT2D eigenvalue weighted by molar-refractivity contribution is 0.0256. The van der Waals surface area contributed by atoms with E-state index >= 15 is 0 Å². The highest BCUT2D eigenvalue weighted by Gasteiger charge is 2.30. The van der Waals surface area contributed by atoms with Gasteiger partial charge in [-0.15, -0.1) is 0 Å². The molecule has 0 unspecified atom stereocenters. The zero-order valence-corrected chi connectivity index (χ0v) is 11.5. The monoisotopic (exact) mass is 268 g/mol. The summed E-state index contributed by atoms with van der Waals surface area (Å²) in [6, 6.07) is -0.555. The molecule has 1 aromatic rings. The summed E-state index contributed by atoms with van der Waals surface area (Å²) < 4.78 is 5.14. The number of aliphatic hydroxyl groups excluding tert-OH is 1. The number of β-amino-alcohol motifs (C(OH)–C–C–N with tert-alkyl or cyclic N) is 1. The number of aliphatic hydroxyl groups is 1. The molecule has 2 rings (SSSR count). The fraction of sp³-hybridized carbons (Fsp3) is 0.750. The summed E-state index contributed by atoms with van der Waals surface area (Å²) in [5.41, 5.74) is 0. The van der Waals surface area contributed by atoms with Gasteiger partial charge in [0.2, 0.25) is 5.89 Å². The standard InChI is InChI=1S/C12H20N4O3/c1-7(2)4-10-14-11(19-15-10)8(3)13-12(18)16-5-9(17)6-16/h7-9,17H,4-6H2,1-3H3,(H,13,18)/t8-/m1/s1. The SMILES string of the molecule is CC(C)Cc1noc([C@@H](C)NC(=O)N2CC(O)C2)n1. The highest BCUT2D eigenvalue weighted by atomic mass is 16.5. The molecule has 1 aromatic heterocycles. The van der Waals surface area contributed by atoms with E-state index < -0.39 is 6.10 Å². The van der Waals surface area contributed by atoms with Crippen molar-refractivity contribution in [2.45, 2.75) is 39.3 Å². The van der Waals surface area contributed by atoms with Gasteiger partial charge >= 0.3 is 6.03 Å². The number of likely N-dealkylation sites (tertiary alicyclic amines) is 1. The van der Waals surface area contributed by atoms with Crippen LogP contribution in [-0.4, -0.2) is 45.4 Å². The van der Waals surface area contributed by atoms with Gasteiger partial charge in [-0.25, -0.2) is 4.79 Å². The third-order valence-corrected chi connectivity index (χ3v) is 2.93. The molecule has 2 amide bonds. The zero-order chi connectivity index (χ0) is 14.0. The van der Waals surface area contributed by atoms with Gasteiger partial charge < -0.3 is 19.8 Å². The van der Waals surface area contributed by atoms with E-state index in [1.165, 1.54) is 4.90 Å². The summed E-state index contributed by atoms with van der Waals surface area (Å²) in [6.45, 7) is 6.70. The Balaban J connectivity index is 1.87. The number of amides is 2. The smallest absolute Gasteiger partial charge is 0.318 e. The molecule has 1 aliphatic rings. The molecule has 2 N–H and O–H groups in total. The van der Waals surface area contributed by atoms with Crippen molar-refractivity contribution in [3.05, 3.63) is 11.7 Å². The molecular weight excluding hydrogens is 248 g/mol. The van der Waals surface area contributed by atoms with E-state index in [0.717, 1.165) is 6.42 Å². The Kier molecular flexibility index (Phi) is 4.04. The zero-order valence-electron chi connectivity index (χ0n) is 11.5. The van der Waals surface area contributed by atoms with E-state index in [0.29, 0.717) is 30.7 Å². The van der Waals surface area contributed by atoms with Gasteiger partial charge in [0.1, 0.15) is 6.04 Å². The molecule has 0 spiro atoms. The van der Waals surface area contributed by atoms with Crippen molar-refractivity contribution in [3.63, 3.8) is 0 Å². The predicted octanol–water partition coefficient (Wildman–Crippen LogP) is 0.715. The van der Waals surface area contributed by atoms with Gasteiger partial charge in [0, 0.05) is 6.42 Å². The van der Waals surface area contributed by atoms with Crippen LogP contribution in [-0.2, 0) is 6.42 Å². The van der Waals surface area contributed by atoms with E-state index in [1.54, 1.807) is 6.92 Å². The van der Waals surface area contributed by atoms with Crippen LogP contribution >= 0.6 is 0 Å². The minimum absolute atomic E-state index is 0.221. The van der Waals surface area contributed by atoms with Gasteiger partial charge in [-0.3, -0.25) is 0 Å². The fourth-order valence-corrected chi connectivity index (χ4v) is 1.85. The molecule has 1 fully saturated rings. The Bertz CT molecular complexity index is 440. The number of hydrogen-bond donors (Lipinski definition) is 2. The lowest BCUT2D eigenvalue weighted by Gasteiger charge is -2.36. The van der Waals surface area contributed by atoms with Gasteiger partial charge in [0.15, 0.2) is 5.82 Å². The summed E-state index contributed by atoms with van der Waals surface area (Å²) in [4.78, 5) is 17.5. The number of nitrogens with one attached hydrogen (secondary N) is 1. The minimum Gasteiger partial charge on any atom is -0.389 e. The van der Waals surface area contributed by atoms with Crippen LogP contribution in [0.15, 0.2) is 4.52 Å². The average Bonchev–Trinajstić information content (AvgIpc) is 2.72. The molecule has 0 aromatic carbocycles. The lowest BCUT2D eigenvalue weighted by atomic mass is 10.1. The predicted molar refractivity (Wildman–Crippen MR) is 67.4 cm³/mol. The van der Waals surface area contributed by atoms with E-state index in [9.17, 15) is 4.79 Å². The number of carbonyl (C=O) groups is 1. The van der Waals surface area contributed by atoms with Crippen molar-refractivity contribution in [3.8, 4) is 0 Å². The number of nitrogens with zero attached hydrogens (tertiary/aromatic N) is 3. The Morgan fingerprint density at radius 2 is 2.21 bits per heavy atom. The van der Waals surface area contributed by atoms with Crippen LogP contribution in [0.25, 0.3) is 0 Å². The Hall–Kier alpha value is -1.63. The number of aromatic nitrogens is 2. The van der Waals surface area contributed by atoms with E-state index in [4.69, 9.17) is 9.63 Å². The Morgan fingerprint density at radius 3 is 2.79 bits per heavy atom. The molecule has 0 radical (unpaired) electrons. The second-order valence-corrected chi connectivity index (χ2v) is 5.38. The molecule has 1 atom stereocenters. The quantitative estimate of drug-likeness (QED) is 0.839. The van der Waals surface area contributed by atoms with E-state index in [-0.39, 0.29) is 12.1 Å². The average molecular weight is 268 g/mol. The molecule has 19 heavy (non-hydrogen) atoms. The summed E-state index contributed by atoms with van der Waals surface area (Å²) in [5, 5.41) is 15.8. The van der Waals surface area contributed by atoms with Crippen molar-refractivity contribution in [1.82, 2.24) is 20.4 Å². The summed E-state index contributed by atoms with van der Waals surface area (Å²) in [7, 11) is 0. The van der Waals surface area contributed by atoms with Gasteiger partial charge in [0.25, 0.3) is 0 Å². The Labute approximate surface area is 112 Å². The van der Waals surface area contributed by atoms with Gasteiger partial charge in [-0.2, -0.15) is 4.98 Å². The van der Waals surface area contributed by atoms with Crippen molar-refractivity contribution in [2.75, 3.05) is 13.1 Å². The third-order valence-electron chi connectivity index (χ3n) is 2.93. The largest absolute Gasteiger partial charge is 0.389 e. The van der Waals surface area contributed by atoms with Crippen LogP contribution < -0.4 is 5.32 Å². The molecule has 7 heteroatoms. The maximum Gasteiger partial charge on any atom is 0.318 e. The van der Waals surface area contributed by atoms with Crippen molar-refractivity contribution < 1.29 is 14.4 Å². The molecule has 0 aliphatic carbocycles. The van der Waals surface area contributed by atoms with E-state index in [2.05, 4.69) is 29.3 Å². The first kappa shape index (κ1) is 13.8. The van der Waals surface area contributed by atoms with Crippen molar-refractivity contribution in [1.29, 1.82) is 0 Å². The maximum absolute atomic E-state index is 11.8. The molecular formula is C12H20N4O3. The number of urea groups is 1. The van der Waals surface area contributed by atoms with Crippen LogP contribution in [0.3, 0.4) is 0 Å². The first-order valence-electron chi connectivity index (χ1n) is 6.51. The number of hydrogen-bond acceptors (Lipinski definition) is 5. The molecule has 0 bridgehead atoms. The highest BCUT2D eigenvalue weighted by molar-refractivity contribution is 5.75. The second kappa shape index (κ2) is 5.56. The van der Waals surface area contributed by atoms with Gasteiger partial charge in [-0.05, 0) is 12.8 Å². The number of rotatable bonds is 4. The molecule has 1 saturated heterocycles. The first-order chi connectivity index (χ1) is 8.95. The summed E-state index contributed by atoms with van der Waals surface area (Å²) >= 11 is 0. The summed E-state index contributed by atoms with van der Waals surface area (Å²) in [6.07, 6.45) is 0.352. The first-order valence-corrected chi connectivity index (χ1v) is 6.51. The van der Waals surface area contributed by atoms with Crippen LogP contribution in [0.1, 0.15) is 38.5 Å². The molecule has 0 saturated carbocycles. The number of carbonyl (C=O) groups excluding carboxylic acids is 1. The van der Waals surface area contributed by atoms with Crippen molar-refractivity contribution in [2.24, 2.45) is 5.92 Å². The highest BCUT2D eigenvalue weighted by Crippen LogP contribution is 2.14. The lowest BCUT2D eigenvalue weighted by Crippen LogP contribution is -2.56. The van der Waals surface area contributed by atoms with Crippen LogP contribution in [0, 0.1) is 5.92 Å². The second-order valence-electron chi connectivity index (χ2n) is 5.38. The Morgan fingerprint density at radius 1 is 1.53 bits per heavy atom. The topological polar surface area (TPSA) is 91.5 Å². The van der Waals surface area contributed by atoms with Crippen LogP contribution in [0.4, 0.5) is 4.79 Å². The van der Waals surface area contributed by atoms with Gasteiger partial charge in [0.05, 0.1) is 19.2 Å². The normalized spacial score (nSPS) is 17.4. The summed E-state index contributed by atoms with van der Waals surface area (Å²) in [5.74, 6) is 1.52. The van der Waals surface area contributed by atoms with Gasteiger partial charge in [-0.1, -0.05) is 19.0 Å². The molecule has 2 heterocycles.